The van der Waals surface area contributed by atoms with Crippen LogP contribution in [0.1, 0.15) is 5.56 Å². The van der Waals surface area contributed by atoms with Crippen molar-refractivity contribution in [2.24, 2.45) is 0 Å². The van der Waals surface area contributed by atoms with Gasteiger partial charge in [0.1, 0.15) is 12.4 Å². The van der Waals surface area contributed by atoms with Crippen LogP contribution in [0.3, 0.4) is 0 Å². The van der Waals surface area contributed by atoms with Gasteiger partial charge < -0.3 is 4.74 Å². The molecule has 0 atom stereocenters. The van der Waals surface area contributed by atoms with Crippen LogP contribution in [0, 0.1) is 6.92 Å². The summed E-state index contributed by atoms with van der Waals surface area (Å²) in [5.41, 5.74) is 1.05. The third-order valence-corrected chi connectivity index (χ3v) is 2.37. The topological polar surface area (TPSA) is 9.23 Å². The number of benzene rings is 1. The van der Waals surface area contributed by atoms with Crippen LogP contribution in [0.4, 0.5) is 8.78 Å². The molecule has 13 heavy (non-hydrogen) atoms. The van der Waals surface area contributed by atoms with Crippen molar-refractivity contribution in [3.8, 4) is 5.75 Å². The van der Waals surface area contributed by atoms with Gasteiger partial charge in [0, 0.05) is 4.47 Å². The zero-order valence-corrected chi connectivity index (χ0v) is 8.64. The second kappa shape index (κ2) is 4.56. The lowest BCUT2D eigenvalue weighted by Crippen LogP contribution is -2.06. The Morgan fingerprint density at radius 1 is 1.46 bits per heavy atom. The van der Waals surface area contributed by atoms with Crippen LogP contribution < -0.4 is 4.74 Å². The molecule has 0 aliphatic heterocycles. The molecule has 1 aromatic carbocycles. The first-order valence-electron chi connectivity index (χ1n) is 3.76. The summed E-state index contributed by atoms with van der Waals surface area (Å²) in [7, 11) is 0. The normalized spacial score (nSPS) is 10.5. The Kier molecular flexibility index (Phi) is 3.66. The number of halogens is 3. The first-order chi connectivity index (χ1) is 6.09. The Morgan fingerprint density at radius 2 is 2.15 bits per heavy atom. The molecule has 0 aromatic heterocycles. The summed E-state index contributed by atoms with van der Waals surface area (Å²) in [5, 5.41) is 0. The summed E-state index contributed by atoms with van der Waals surface area (Å²) in [6.45, 7) is 1.36. The molecule has 0 spiro atoms. The number of ether oxygens (including phenoxy) is 1. The Balaban J connectivity index is 2.63. The van der Waals surface area contributed by atoms with Crippen molar-refractivity contribution in [1.29, 1.82) is 0 Å². The smallest absolute Gasteiger partial charge is 0.272 e. The Bertz CT molecular complexity index is 289. The van der Waals surface area contributed by atoms with Crippen molar-refractivity contribution in [2.45, 2.75) is 13.3 Å². The minimum atomic E-state index is -2.43. The molecule has 0 N–H and O–H groups in total. The van der Waals surface area contributed by atoms with Gasteiger partial charge in [0.15, 0.2) is 0 Å². The molecule has 1 nitrogen and oxygen atoms in total. The number of rotatable bonds is 3. The van der Waals surface area contributed by atoms with Gasteiger partial charge in [0.25, 0.3) is 6.43 Å². The fourth-order valence-electron chi connectivity index (χ4n) is 0.823. The fraction of sp³-hybridized carbons (Fsp3) is 0.333. The predicted molar refractivity (Wildman–Crippen MR) is 50.4 cm³/mol. The van der Waals surface area contributed by atoms with Crippen LogP contribution in [-0.4, -0.2) is 13.0 Å². The third kappa shape index (κ3) is 3.30. The van der Waals surface area contributed by atoms with E-state index in [0.717, 1.165) is 10.0 Å². The van der Waals surface area contributed by atoms with Crippen LogP contribution in [0.15, 0.2) is 22.7 Å². The number of aryl methyl sites for hydroxylation is 1. The second-order valence-corrected chi connectivity index (χ2v) is 3.47. The minimum absolute atomic E-state index is 0.456. The average molecular weight is 251 g/mol. The van der Waals surface area contributed by atoms with E-state index in [-0.39, 0.29) is 0 Å². The maximum absolute atomic E-state index is 11.8. The van der Waals surface area contributed by atoms with Gasteiger partial charge in [-0.25, -0.2) is 8.78 Å². The van der Waals surface area contributed by atoms with Gasteiger partial charge in [-0.15, -0.1) is 0 Å². The van der Waals surface area contributed by atoms with Gasteiger partial charge in [0.2, 0.25) is 0 Å². The van der Waals surface area contributed by atoms with Crippen LogP contribution in [-0.2, 0) is 0 Å². The van der Waals surface area contributed by atoms with E-state index in [1.807, 2.05) is 13.0 Å². The van der Waals surface area contributed by atoms with Gasteiger partial charge in [-0.05, 0) is 24.6 Å². The molecule has 72 valence electrons. The van der Waals surface area contributed by atoms with Gasteiger partial charge in [-0.2, -0.15) is 0 Å². The molecule has 1 aromatic rings. The maximum atomic E-state index is 11.8. The highest BCUT2D eigenvalue weighted by Gasteiger charge is 2.04. The molecule has 0 bridgehead atoms. The molecule has 0 saturated carbocycles. The predicted octanol–water partition coefficient (Wildman–Crippen LogP) is 3.40. The summed E-state index contributed by atoms with van der Waals surface area (Å²) in [5.74, 6) is 0.456. The van der Waals surface area contributed by atoms with E-state index < -0.39 is 13.0 Å². The summed E-state index contributed by atoms with van der Waals surface area (Å²) in [6, 6.07) is 5.16. The maximum Gasteiger partial charge on any atom is 0.272 e. The summed E-state index contributed by atoms with van der Waals surface area (Å²) >= 11 is 3.29. The van der Waals surface area contributed by atoms with Crippen molar-refractivity contribution in [3.05, 3.63) is 28.2 Å². The summed E-state index contributed by atoms with van der Waals surface area (Å²) < 4.78 is 29.2. The molecule has 1 rings (SSSR count). The molecule has 0 radical (unpaired) electrons. The van der Waals surface area contributed by atoms with E-state index in [1.165, 1.54) is 0 Å². The SMILES string of the molecule is Cc1ccc(OCC(F)F)cc1Br. The first-order valence-corrected chi connectivity index (χ1v) is 4.56. The standard InChI is InChI=1S/C9H9BrF2O/c1-6-2-3-7(4-8(6)10)13-5-9(11)12/h2-4,9H,5H2,1H3. The van der Waals surface area contributed by atoms with Gasteiger partial charge >= 0.3 is 0 Å². The highest BCUT2D eigenvalue weighted by Crippen LogP contribution is 2.22. The summed E-state index contributed by atoms with van der Waals surface area (Å²) in [6.07, 6.45) is -2.43. The molecular formula is C9H9BrF2O. The minimum Gasteiger partial charge on any atom is -0.488 e. The van der Waals surface area contributed by atoms with Crippen molar-refractivity contribution in [2.75, 3.05) is 6.61 Å². The van der Waals surface area contributed by atoms with Gasteiger partial charge in [-0.3, -0.25) is 0 Å². The Hall–Kier alpha value is -0.640. The second-order valence-electron chi connectivity index (χ2n) is 2.61. The monoisotopic (exact) mass is 250 g/mol. The Labute approximate surface area is 83.8 Å². The fourth-order valence-corrected chi connectivity index (χ4v) is 1.18. The highest BCUT2D eigenvalue weighted by atomic mass is 79.9. The van der Waals surface area contributed by atoms with Crippen molar-refractivity contribution in [1.82, 2.24) is 0 Å². The van der Waals surface area contributed by atoms with Crippen LogP contribution in [0.5, 0.6) is 5.75 Å². The molecule has 0 heterocycles. The first kappa shape index (κ1) is 10.4. The quantitative estimate of drug-likeness (QED) is 0.799. The molecule has 0 amide bonds. The zero-order valence-electron chi connectivity index (χ0n) is 7.06. The van der Waals surface area contributed by atoms with E-state index >= 15 is 0 Å². The van der Waals surface area contributed by atoms with E-state index in [1.54, 1.807) is 12.1 Å². The molecule has 0 aliphatic carbocycles. The van der Waals surface area contributed by atoms with Crippen LogP contribution >= 0.6 is 15.9 Å². The zero-order chi connectivity index (χ0) is 9.84. The third-order valence-electron chi connectivity index (χ3n) is 1.52. The number of alkyl halides is 2. The van der Waals surface area contributed by atoms with E-state index in [9.17, 15) is 8.78 Å². The number of hydrogen-bond acceptors (Lipinski definition) is 1. The van der Waals surface area contributed by atoms with Crippen LogP contribution in [0.25, 0.3) is 0 Å². The lowest BCUT2D eigenvalue weighted by atomic mass is 10.2. The van der Waals surface area contributed by atoms with Gasteiger partial charge in [-0.1, -0.05) is 22.0 Å². The molecule has 0 aliphatic rings. The van der Waals surface area contributed by atoms with Gasteiger partial charge in [0.05, 0.1) is 0 Å². The lowest BCUT2D eigenvalue weighted by molar-refractivity contribution is 0.0819. The Morgan fingerprint density at radius 3 is 2.69 bits per heavy atom. The van der Waals surface area contributed by atoms with Crippen LogP contribution in [0.2, 0.25) is 0 Å². The molecule has 0 fully saturated rings. The number of hydrogen-bond donors (Lipinski definition) is 0. The van der Waals surface area contributed by atoms with E-state index in [0.29, 0.717) is 5.75 Å². The molecular weight excluding hydrogens is 242 g/mol. The van der Waals surface area contributed by atoms with Crippen molar-refractivity contribution in [3.63, 3.8) is 0 Å². The highest BCUT2D eigenvalue weighted by molar-refractivity contribution is 9.10. The molecule has 0 unspecified atom stereocenters. The summed E-state index contributed by atoms with van der Waals surface area (Å²) in [4.78, 5) is 0. The van der Waals surface area contributed by atoms with Crippen molar-refractivity contribution < 1.29 is 13.5 Å². The molecule has 0 saturated heterocycles. The average Bonchev–Trinajstić information content (AvgIpc) is 2.07. The van der Waals surface area contributed by atoms with E-state index in [2.05, 4.69) is 15.9 Å². The largest absolute Gasteiger partial charge is 0.488 e. The lowest BCUT2D eigenvalue weighted by Gasteiger charge is -2.06. The molecule has 4 heteroatoms. The van der Waals surface area contributed by atoms with E-state index in [4.69, 9.17) is 4.74 Å². The van der Waals surface area contributed by atoms with Crippen molar-refractivity contribution >= 4 is 15.9 Å².